The number of hydrogen-bond donors (Lipinski definition) is 3. The molecule has 0 bridgehead atoms. The Morgan fingerprint density at radius 2 is 1.91 bits per heavy atom. The number of hydrazine groups is 3. The molecule has 11 heavy (non-hydrogen) atoms. The number of nitrogens with two attached hydrogens (primary N) is 2. The van der Waals surface area contributed by atoms with E-state index in [2.05, 4.69) is 5.53 Å². The first-order valence-electron chi connectivity index (χ1n) is 3.35. The summed E-state index contributed by atoms with van der Waals surface area (Å²) in [7, 11) is 0. The summed E-state index contributed by atoms with van der Waals surface area (Å²) in [5, 5.41) is 1.31. The molecule has 0 aliphatic rings. The highest BCUT2D eigenvalue weighted by molar-refractivity contribution is 5.13. The normalized spacial score (nSPS) is 10.5. The fourth-order valence-electron chi connectivity index (χ4n) is 0.826. The molecule has 1 rings (SSSR count). The number of nitrogens with zero attached hydrogens (tertiary/aromatic N) is 1. The van der Waals surface area contributed by atoms with E-state index >= 15 is 0 Å². The highest BCUT2D eigenvalue weighted by atomic mass is 15.7. The maximum absolute atomic E-state index is 5.40. The van der Waals surface area contributed by atoms with Gasteiger partial charge < -0.3 is 0 Å². The Labute approximate surface area is 65.7 Å². The van der Waals surface area contributed by atoms with Crippen molar-refractivity contribution in [2.75, 3.05) is 0 Å². The minimum absolute atomic E-state index is 0.595. The van der Waals surface area contributed by atoms with Crippen LogP contribution in [0.25, 0.3) is 0 Å². The van der Waals surface area contributed by atoms with E-state index in [9.17, 15) is 0 Å². The molecular formula is C7H12N4. The number of benzene rings is 1. The van der Waals surface area contributed by atoms with Crippen LogP contribution in [0.4, 0.5) is 0 Å². The van der Waals surface area contributed by atoms with Crippen LogP contribution < -0.4 is 17.2 Å². The van der Waals surface area contributed by atoms with Crippen molar-refractivity contribution >= 4 is 0 Å². The van der Waals surface area contributed by atoms with Crippen molar-refractivity contribution < 1.29 is 0 Å². The molecule has 0 aromatic heterocycles. The topological polar surface area (TPSA) is 67.3 Å². The van der Waals surface area contributed by atoms with Gasteiger partial charge in [0.25, 0.3) is 0 Å². The standard InChI is InChI=1S/C7H12N4/c8-10-11(9)6-7-4-2-1-3-5-7/h1-5,10H,6,8-9H2. The zero-order valence-electron chi connectivity index (χ0n) is 6.20. The summed E-state index contributed by atoms with van der Waals surface area (Å²) < 4.78 is 0. The lowest BCUT2D eigenvalue weighted by molar-refractivity contribution is 0.185. The summed E-state index contributed by atoms with van der Waals surface area (Å²) in [5.74, 6) is 10.5. The zero-order chi connectivity index (χ0) is 8.10. The van der Waals surface area contributed by atoms with Gasteiger partial charge in [-0.05, 0) is 5.56 Å². The van der Waals surface area contributed by atoms with Crippen LogP contribution in [0.15, 0.2) is 30.3 Å². The molecule has 0 atom stereocenters. The molecule has 0 saturated carbocycles. The average molecular weight is 152 g/mol. The lowest BCUT2D eigenvalue weighted by Crippen LogP contribution is -2.47. The summed E-state index contributed by atoms with van der Waals surface area (Å²) in [6.45, 7) is 0.595. The molecule has 5 N–H and O–H groups in total. The molecule has 0 fully saturated rings. The molecule has 60 valence electrons. The van der Waals surface area contributed by atoms with Crippen LogP contribution in [0.3, 0.4) is 0 Å². The van der Waals surface area contributed by atoms with E-state index in [1.807, 2.05) is 30.3 Å². The second kappa shape index (κ2) is 4.05. The smallest absolute Gasteiger partial charge is 0.0549 e. The van der Waals surface area contributed by atoms with Crippen molar-refractivity contribution in [3.63, 3.8) is 0 Å². The first-order valence-corrected chi connectivity index (χ1v) is 3.35. The zero-order valence-corrected chi connectivity index (χ0v) is 6.20. The van der Waals surface area contributed by atoms with Crippen LogP contribution >= 0.6 is 0 Å². The summed E-state index contributed by atoms with van der Waals surface area (Å²) in [6.07, 6.45) is 0. The predicted octanol–water partition coefficient (Wildman–Crippen LogP) is -0.259. The fraction of sp³-hybridized carbons (Fsp3) is 0.143. The fourth-order valence-corrected chi connectivity index (χ4v) is 0.826. The maximum atomic E-state index is 5.40. The van der Waals surface area contributed by atoms with E-state index in [1.165, 1.54) is 5.12 Å². The van der Waals surface area contributed by atoms with Gasteiger partial charge in [0.05, 0.1) is 6.54 Å². The van der Waals surface area contributed by atoms with Crippen LogP contribution in [0.1, 0.15) is 5.56 Å². The Kier molecular flexibility index (Phi) is 3.00. The molecule has 1 aromatic rings. The number of rotatable bonds is 3. The van der Waals surface area contributed by atoms with Crippen molar-refractivity contribution in [2.24, 2.45) is 11.7 Å². The molecule has 0 aliphatic carbocycles. The monoisotopic (exact) mass is 152 g/mol. The predicted molar refractivity (Wildman–Crippen MR) is 43.5 cm³/mol. The van der Waals surface area contributed by atoms with Gasteiger partial charge in [-0.2, -0.15) is 10.7 Å². The van der Waals surface area contributed by atoms with Gasteiger partial charge in [0.1, 0.15) is 0 Å². The van der Waals surface area contributed by atoms with Gasteiger partial charge in [-0.15, -0.1) is 0 Å². The third kappa shape index (κ3) is 2.65. The Bertz CT molecular complexity index is 199. The van der Waals surface area contributed by atoms with E-state index in [0.29, 0.717) is 6.54 Å². The SMILES string of the molecule is NNN(N)Cc1ccccc1. The Hall–Kier alpha value is -0.940. The van der Waals surface area contributed by atoms with Crippen LogP contribution in [0.2, 0.25) is 0 Å². The molecule has 0 saturated heterocycles. The highest BCUT2D eigenvalue weighted by Crippen LogP contribution is 1.98. The average Bonchev–Trinajstić information content (AvgIpc) is 2.06. The van der Waals surface area contributed by atoms with Gasteiger partial charge in [0.2, 0.25) is 0 Å². The Morgan fingerprint density at radius 3 is 2.45 bits per heavy atom. The molecular weight excluding hydrogens is 140 g/mol. The Balaban J connectivity index is 2.51. The number of hydrogen-bond acceptors (Lipinski definition) is 4. The summed E-state index contributed by atoms with van der Waals surface area (Å²) in [5.41, 5.74) is 3.44. The van der Waals surface area contributed by atoms with E-state index in [-0.39, 0.29) is 0 Å². The van der Waals surface area contributed by atoms with E-state index < -0.39 is 0 Å². The van der Waals surface area contributed by atoms with Crippen molar-refractivity contribution in [1.29, 1.82) is 0 Å². The number of nitrogens with one attached hydrogen (secondary N) is 1. The van der Waals surface area contributed by atoms with Crippen LogP contribution in [-0.4, -0.2) is 5.12 Å². The minimum Gasteiger partial charge on any atom is -0.256 e. The van der Waals surface area contributed by atoms with Gasteiger partial charge in [-0.25, -0.2) is 0 Å². The second-order valence-corrected chi connectivity index (χ2v) is 2.24. The highest BCUT2D eigenvalue weighted by Gasteiger charge is 1.94. The van der Waals surface area contributed by atoms with E-state index in [1.54, 1.807) is 0 Å². The molecule has 0 heterocycles. The molecule has 0 unspecified atom stereocenters. The summed E-state index contributed by atoms with van der Waals surface area (Å²) in [6, 6.07) is 9.84. The molecule has 0 aliphatic heterocycles. The third-order valence-corrected chi connectivity index (χ3v) is 1.36. The van der Waals surface area contributed by atoms with Crippen molar-refractivity contribution in [3.05, 3.63) is 35.9 Å². The maximum Gasteiger partial charge on any atom is 0.0549 e. The quantitative estimate of drug-likeness (QED) is 0.412. The summed E-state index contributed by atoms with van der Waals surface area (Å²) in [4.78, 5) is 0. The lowest BCUT2D eigenvalue weighted by atomic mass is 10.2. The van der Waals surface area contributed by atoms with Gasteiger partial charge in [0.15, 0.2) is 0 Å². The molecule has 0 radical (unpaired) electrons. The molecule has 0 amide bonds. The third-order valence-electron chi connectivity index (χ3n) is 1.36. The molecule has 0 spiro atoms. The van der Waals surface area contributed by atoms with Crippen LogP contribution in [0.5, 0.6) is 0 Å². The largest absolute Gasteiger partial charge is 0.256 e. The van der Waals surface area contributed by atoms with Gasteiger partial charge >= 0.3 is 0 Å². The van der Waals surface area contributed by atoms with E-state index in [4.69, 9.17) is 11.7 Å². The second-order valence-electron chi connectivity index (χ2n) is 2.24. The van der Waals surface area contributed by atoms with Crippen molar-refractivity contribution in [2.45, 2.75) is 6.54 Å². The molecule has 4 nitrogen and oxygen atoms in total. The van der Waals surface area contributed by atoms with Crippen LogP contribution in [-0.2, 0) is 6.54 Å². The van der Waals surface area contributed by atoms with Crippen molar-refractivity contribution in [1.82, 2.24) is 10.7 Å². The van der Waals surface area contributed by atoms with Crippen LogP contribution in [0, 0.1) is 0 Å². The van der Waals surface area contributed by atoms with Gasteiger partial charge in [0, 0.05) is 0 Å². The van der Waals surface area contributed by atoms with Gasteiger partial charge in [-0.1, -0.05) is 30.3 Å². The molecule has 1 aromatic carbocycles. The molecule has 4 heteroatoms. The summed E-state index contributed by atoms with van der Waals surface area (Å²) >= 11 is 0. The van der Waals surface area contributed by atoms with Crippen molar-refractivity contribution in [3.8, 4) is 0 Å². The van der Waals surface area contributed by atoms with E-state index in [0.717, 1.165) is 5.56 Å². The van der Waals surface area contributed by atoms with Gasteiger partial charge in [-0.3, -0.25) is 11.7 Å². The first kappa shape index (κ1) is 8.16. The minimum atomic E-state index is 0.595. The first-order chi connectivity index (χ1) is 5.33. The Morgan fingerprint density at radius 1 is 1.27 bits per heavy atom. The lowest BCUT2D eigenvalue weighted by Gasteiger charge is -2.13.